The Morgan fingerprint density at radius 1 is 0.333 bits per heavy atom. The summed E-state index contributed by atoms with van der Waals surface area (Å²) in [5.41, 5.74) is 13.2. The summed E-state index contributed by atoms with van der Waals surface area (Å²) in [6, 6.07) is 65.6. The molecule has 0 unspecified atom stereocenters. The second-order valence-electron chi connectivity index (χ2n) is 14.7. The average molecular weight is 730 g/mol. The summed E-state index contributed by atoms with van der Waals surface area (Å²) >= 11 is 0. The number of ether oxygens (including phenoxy) is 1. The van der Waals surface area contributed by atoms with Crippen molar-refractivity contribution in [1.29, 1.82) is 0 Å². The van der Waals surface area contributed by atoms with Crippen molar-refractivity contribution in [2.45, 2.75) is 5.41 Å². The Morgan fingerprint density at radius 3 is 1.67 bits per heavy atom. The van der Waals surface area contributed by atoms with Gasteiger partial charge >= 0.3 is 0 Å². The number of furan rings is 1. The molecule has 0 amide bonds. The predicted molar refractivity (Wildman–Crippen MR) is 226 cm³/mol. The molecule has 0 saturated heterocycles. The summed E-state index contributed by atoms with van der Waals surface area (Å²) in [4.78, 5) is 15.2. The van der Waals surface area contributed by atoms with Crippen molar-refractivity contribution in [2.75, 3.05) is 0 Å². The third kappa shape index (κ3) is 4.72. The molecule has 266 valence electrons. The Kier molecular flexibility index (Phi) is 6.78. The number of benzene rings is 8. The summed E-state index contributed by atoms with van der Waals surface area (Å²) < 4.78 is 13.0. The quantitative estimate of drug-likeness (QED) is 0.180. The molecule has 0 atom stereocenters. The van der Waals surface area contributed by atoms with Crippen molar-refractivity contribution in [3.63, 3.8) is 0 Å². The predicted octanol–water partition coefficient (Wildman–Crippen LogP) is 12.9. The summed E-state index contributed by atoms with van der Waals surface area (Å²) in [6.45, 7) is 0. The van der Waals surface area contributed by atoms with Crippen molar-refractivity contribution < 1.29 is 9.15 Å². The van der Waals surface area contributed by atoms with Crippen molar-refractivity contribution in [3.8, 4) is 67.9 Å². The fraction of sp³-hybridized carbons (Fsp3) is 0.0192. The zero-order valence-electron chi connectivity index (χ0n) is 30.6. The van der Waals surface area contributed by atoms with E-state index in [1.165, 1.54) is 22.3 Å². The second kappa shape index (κ2) is 12.2. The van der Waals surface area contributed by atoms with E-state index in [0.29, 0.717) is 17.5 Å². The number of hydrogen-bond acceptors (Lipinski definition) is 5. The maximum Gasteiger partial charge on any atom is 0.164 e. The van der Waals surface area contributed by atoms with Gasteiger partial charge in [0.05, 0.1) is 5.41 Å². The van der Waals surface area contributed by atoms with Crippen molar-refractivity contribution >= 4 is 21.9 Å². The van der Waals surface area contributed by atoms with E-state index in [-0.39, 0.29) is 0 Å². The first-order valence-corrected chi connectivity index (χ1v) is 19.2. The summed E-state index contributed by atoms with van der Waals surface area (Å²) in [5, 5.41) is 2.15. The molecule has 2 aliphatic rings. The monoisotopic (exact) mass is 729 g/mol. The lowest BCUT2D eigenvalue weighted by Crippen LogP contribution is -2.32. The molecule has 0 N–H and O–H groups in total. The number of rotatable bonds is 4. The summed E-state index contributed by atoms with van der Waals surface area (Å²) in [7, 11) is 0. The Morgan fingerprint density at radius 2 is 0.877 bits per heavy atom. The molecule has 0 fully saturated rings. The molecule has 0 saturated carbocycles. The standard InChI is InChI=1S/C52H31N3O2/c1-2-13-32(14-3-1)49-53-50(55-51(54-49)36-25-27-40-39-19-6-10-23-45(39)56-48(40)31-36)35-16-12-15-33(29-35)34-26-28-47-44(30-34)52(43-22-9-11-24-46(43)57-47)41-20-7-4-17-37(41)38-18-5-8-21-42(38)52/h1-31H. The van der Waals surface area contributed by atoms with Gasteiger partial charge in [-0.25, -0.2) is 15.0 Å². The summed E-state index contributed by atoms with van der Waals surface area (Å²) in [5.74, 6) is 3.52. The number of aromatic nitrogens is 3. The Hall–Kier alpha value is -7.63. The van der Waals surface area contributed by atoms with Crippen LogP contribution in [0.4, 0.5) is 0 Å². The van der Waals surface area contributed by atoms with Crippen molar-refractivity contribution in [2.24, 2.45) is 0 Å². The van der Waals surface area contributed by atoms with Gasteiger partial charge in [-0.15, -0.1) is 0 Å². The molecule has 0 radical (unpaired) electrons. The zero-order valence-corrected chi connectivity index (χ0v) is 30.6. The van der Waals surface area contributed by atoms with E-state index in [0.717, 1.165) is 72.4 Å². The van der Waals surface area contributed by atoms with Gasteiger partial charge < -0.3 is 9.15 Å². The van der Waals surface area contributed by atoms with Gasteiger partial charge in [0.25, 0.3) is 0 Å². The average Bonchev–Trinajstić information content (AvgIpc) is 3.80. The molecule has 8 aromatic carbocycles. The minimum Gasteiger partial charge on any atom is -0.457 e. The molecule has 0 bridgehead atoms. The van der Waals surface area contributed by atoms with Crippen LogP contribution in [0.3, 0.4) is 0 Å². The molecular weight excluding hydrogens is 699 g/mol. The SMILES string of the molecule is c1ccc(-c2nc(-c3cccc(-c4ccc5c(c4)C4(c6ccccc6O5)c5ccccc5-c5ccccc54)c3)nc(-c3ccc4c(c3)oc3ccccc34)n2)cc1. The molecule has 2 aromatic heterocycles. The van der Waals surface area contributed by atoms with E-state index in [2.05, 4.69) is 133 Å². The normalized spacial score (nSPS) is 13.2. The number of para-hydroxylation sites is 2. The van der Waals surface area contributed by atoms with E-state index < -0.39 is 5.41 Å². The van der Waals surface area contributed by atoms with Crippen molar-refractivity contribution in [3.05, 3.63) is 210 Å². The topological polar surface area (TPSA) is 61.0 Å². The molecule has 1 aliphatic carbocycles. The largest absolute Gasteiger partial charge is 0.457 e. The zero-order chi connectivity index (χ0) is 37.5. The van der Waals surface area contributed by atoms with Crippen LogP contribution in [-0.4, -0.2) is 15.0 Å². The molecule has 5 nitrogen and oxygen atoms in total. The van der Waals surface area contributed by atoms with Crippen LogP contribution in [0, 0.1) is 0 Å². The van der Waals surface area contributed by atoms with E-state index in [1.54, 1.807) is 0 Å². The fourth-order valence-electron chi connectivity index (χ4n) is 9.09. The van der Waals surface area contributed by atoms with Crippen LogP contribution in [0.15, 0.2) is 192 Å². The molecule has 10 aromatic rings. The van der Waals surface area contributed by atoms with Crippen LogP contribution >= 0.6 is 0 Å². The first-order valence-electron chi connectivity index (χ1n) is 19.2. The first-order chi connectivity index (χ1) is 28.2. The Labute approximate surface area is 328 Å². The lowest BCUT2D eigenvalue weighted by Gasteiger charge is -2.39. The van der Waals surface area contributed by atoms with E-state index in [1.807, 2.05) is 54.6 Å². The van der Waals surface area contributed by atoms with Gasteiger partial charge in [-0.1, -0.05) is 146 Å². The number of nitrogens with zero attached hydrogens (tertiary/aromatic N) is 3. The highest BCUT2D eigenvalue weighted by Gasteiger charge is 2.51. The third-order valence-electron chi connectivity index (χ3n) is 11.6. The molecular formula is C52H31N3O2. The maximum absolute atomic E-state index is 6.70. The van der Waals surface area contributed by atoms with Gasteiger partial charge in [-0.3, -0.25) is 0 Å². The molecule has 12 rings (SSSR count). The van der Waals surface area contributed by atoms with E-state index in [9.17, 15) is 0 Å². The van der Waals surface area contributed by atoms with Crippen LogP contribution in [0.25, 0.3) is 78.4 Å². The van der Waals surface area contributed by atoms with E-state index in [4.69, 9.17) is 24.1 Å². The van der Waals surface area contributed by atoms with Gasteiger partial charge in [-0.05, 0) is 75.8 Å². The van der Waals surface area contributed by atoms with Crippen LogP contribution in [0.2, 0.25) is 0 Å². The number of hydrogen-bond donors (Lipinski definition) is 0. The van der Waals surface area contributed by atoms with Crippen LogP contribution in [0.1, 0.15) is 22.3 Å². The van der Waals surface area contributed by atoms with E-state index >= 15 is 0 Å². The third-order valence-corrected chi connectivity index (χ3v) is 11.6. The van der Waals surface area contributed by atoms with Gasteiger partial charge in [0.1, 0.15) is 22.7 Å². The Bertz CT molecular complexity index is 3190. The maximum atomic E-state index is 6.70. The highest BCUT2D eigenvalue weighted by Crippen LogP contribution is 2.62. The molecule has 1 aliphatic heterocycles. The number of fused-ring (bicyclic) bond motifs is 12. The second-order valence-corrected chi connectivity index (χ2v) is 14.7. The van der Waals surface area contributed by atoms with Gasteiger partial charge in [0.2, 0.25) is 0 Å². The Balaban J connectivity index is 1.02. The molecule has 5 heteroatoms. The summed E-state index contributed by atoms with van der Waals surface area (Å²) in [6.07, 6.45) is 0. The highest BCUT2D eigenvalue weighted by atomic mass is 16.5. The fourth-order valence-corrected chi connectivity index (χ4v) is 9.09. The van der Waals surface area contributed by atoms with Crippen molar-refractivity contribution in [1.82, 2.24) is 15.0 Å². The minimum absolute atomic E-state index is 0.542. The lowest BCUT2D eigenvalue weighted by molar-refractivity contribution is 0.436. The highest BCUT2D eigenvalue weighted by molar-refractivity contribution is 6.05. The first kappa shape index (κ1) is 31.7. The minimum atomic E-state index is -0.542. The smallest absolute Gasteiger partial charge is 0.164 e. The molecule has 3 heterocycles. The molecule has 57 heavy (non-hydrogen) atoms. The van der Waals surface area contributed by atoms with Gasteiger partial charge in [-0.2, -0.15) is 0 Å². The lowest BCUT2D eigenvalue weighted by atomic mass is 9.66. The van der Waals surface area contributed by atoms with Gasteiger partial charge in [0.15, 0.2) is 17.5 Å². The van der Waals surface area contributed by atoms with Crippen LogP contribution in [0.5, 0.6) is 11.5 Å². The van der Waals surface area contributed by atoms with Gasteiger partial charge in [0, 0.05) is 38.6 Å². The molecule has 1 spiro atoms. The van der Waals surface area contributed by atoms with Crippen LogP contribution < -0.4 is 4.74 Å². The van der Waals surface area contributed by atoms with Crippen LogP contribution in [-0.2, 0) is 5.41 Å².